The number of nitrogens with one attached hydrogen (secondary N) is 1. The molecule has 0 aliphatic heterocycles. The number of hydrogen-bond donors (Lipinski definition) is 1. The Morgan fingerprint density at radius 1 is 1.35 bits per heavy atom. The smallest absolute Gasteiger partial charge is 0.101 e. The minimum absolute atomic E-state index is 0.312. The van der Waals surface area contributed by atoms with Crippen LogP contribution < -0.4 is 5.32 Å². The Balaban J connectivity index is 2.77. The van der Waals surface area contributed by atoms with Crippen LogP contribution in [0.5, 0.6) is 0 Å². The van der Waals surface area contributed by atoms with Crippen LogP contribution in [0.3, 0.4) is 0 Å². The average molecular weight is 225 g/mol. The van der Waals surface area contributed by atoms with Crippen LogP contribution in [0.2, 0.25) is 0 Å². The first kappa shape index (κ1) is 12.8. The second-order valence-corrected chi connectivity index (χ2v) is 3.90. The third kappa shape index (κ3) is 3.66. The number of rotatable bonds is 5. The van der Waals surface area contributed by atoms with Crippen molar-refractivity contribution in [2.75, 3.05) is 5.32 Å². The maximum atomic E-state index is 8.91. The van der Waals surface area contributed by atoms with Gasteiger partial charge in [0.2, 0.25) is 0 Å². The zero-order valence-corrected chi connectivity index (χ0v) is 9.90. The number of nitrogens with zero attached hydrogens (tertiary/aromatic N) is 2. The van der Waals surface area contributed by atoms with Crippen molar-refractivity contribution in [3.63, 3.8) is 0 Å². The van der Waals surface area contributed by atoms with E-state index in [4.69, 9.17) is 10.5 Å². The van der Waals surface area contributed by atoms with E-state index in [1.165, 1.54) is 0 Å². The Morgan fingerprint density at radius 3 is 2.65 bits per heavy atom. The maximum absolute atomic E-state index is 8.91. The summed E-state index contributed by atoms with van der Waals surface area (Å²) >= 11 is 0. The molecule has 0 amide bonds. The van der Waals surface area contributed by atoms with Gasteiger partial charge in [-0.05, 0) is 38.0 Å². The Bertz CT molecular complexity index is 477. The third-order valence-corrected chi connectivity index (χ3v) is 2.48. The van der Waals surface area contributed by atoms with Gasteiger partial charge in [0.05, 0.1) is 11.1 Å². The molecule has 1 atom stereocenters. The fourth-order valence-electron chi connectivity index (χ4n) is 1.55. The second-order valence-electron chi connectivity index (χ2n) is 3.90. The lowest BCUT2D eigenvalue weighted by atomic mass is 10.1. The standard InChI is InChI=1S/C14H15N3/c1-3-4-5-11(2)17-14-7-6-12(9-15)13(8-14)10-16/h3,6-8,11,17H,1,4-5H2,2H3. The van der Waals surface area contributed by atoms with E-state index < -0.39 is 0 Å². The van der Waals surface area contributed by atoms with Crippen molar-refractivity contribution in [2.24, 2.45) is 0 Å². The molecule has 0 spiro atoms. The molecule has 0 fully saturated rings. The summed E-state index contributed by atoms with van der Waals surface area (Å²) in [6.07, 6.45) is 3.83. The van der Waals surface area contributed by atoms with E-state index in [-0.39, 0.29) is 0 Å². The summed E-state index contributed by atoms with van der Waals surface area (Å²) < 4.78 is 0. The molecule has 17 heavy (non-hydrogen) atoms. The molecule has 3 heteroatoms. The Kier molecular flexibility index (Phi) is 4.78. The second kappa shape index (κ2) is 6.35. The average Bonchev–Trinajstić information content (AvgIpc) is 2.36. The van der Waals surface area contributed by atoms with Gasteiger partial charge in [0.15, 0.2) is 0 Å². The predicted molar refractivity (Wildman–Crippen MR) is 68.4 cm³/mol. The summed E-state index contributed by atoms with van der Waals surface area (Å²) in [5.74, 6) is 0. The van der Waals surface area contributed by atoms with Crippen molar-refractivity contribution in [3.05, 3.63) is 42.0 Å². The molecule has 1 aromatic carbocycles. The number of anilines is 1. The first-order valence-corrected chi connectivity index (χ1v) is 5.53. The van der Waals surface area contributed by atoms with Crippen LogP contribution in [0.15, 0.2) is 30.9 Å². The van der Waals surface area contributed by atoms with Crippen LogP contribution >= 0.6 is 0 Å². The number of benzene rings is 1. The number of allylic oxidation sites excluding steroid dienone is 1. The number of nitriles is 2. The van der Waals surface area contributed by atoms with Gasteiger partial charge in [-0.3, -0.25) is 0 Å². The van der Waals surface area contributed by atoms with Crippen LogP contribution in [-0.4, -0.2) is 6.04 Å². The fourth-order valence-corrected chi connectivity index (χ4v) is 1.55. The topological polar surface area (TPSA) is 59.6 Å². The van der Waals surface area contributed by atoms with Crippen LogP contribution in [0.25, 0.3) is 0 Å². The number of hydrogen-bond acceptors (Lipinski definition) is 3. The maximum Gasteiger partial charge on any atom is 0.101 e. The molecular formula is C14H15N3. The SMILES string of the molecule is C=CCCC(C)Nc1ccc(C#N)c(C#N)c1. The van der Waals surface area contributed by atoms with Crippen molar-refractivity contribution < 1.29 is 0 Å². The summed E-state index contributed by atoms with van der Waals surface area (Å²) in [5.41, 5.74) is 1.70. The molecule has 3 nitrogen and oxygen atoms in total. The van der Waals surface area contributed by atoms with Crippen molar-refractivity contribution >= 4 is 5.69 Å². The Hall–Kier alpha value is -2.26. The molecule has 0 saturated heterocycles. The van der Waals surface area contributed by atoms with Gasteiger partial charge in [-0.2, -0.15) is 10.5 Å². The molecular weight excluding hydrogens is 210 g/mol. The molecule has 1 aromatic rings. The summed E-state index contributed by atoms with van der Waals surface area (Å²) in [7, 11) is 0. The van der Waals surface area contributed by atoms with E-state index >= 15 is 0 Å². The van der Waals surface area contributed by atoms with Gasteiger partial charge in [-0.25, -0.2) is 0 Å². The highest BCUT2D eigenvalue weighted by atomic mass is 14.9. The van der Waals surface area contributed by atoms with Crippen LogP contribution in [0.1, 0.15) is 30.9 Å². The minimum atomic E-state index is 0.312. The largest absolute Gasteiger partial charge is 0.383 e. The van der Waals surface area contributed by atoms with Crippen molar-refractivity contribution in [2.45, 2.75) is 25.8 Å². The molecule has 0 saturated carbocycles. The highest BCUT2D eigenvalue weighted by Crippen LogP contribution is 2.16. The van der Waals surface area contributed by atoms with Gasteiger partial charge in [0.25, 0.3) is 0 Å². The highest BCUT2D eigenvalue weighted by Gasteiger charge is 2.05. The van der Waals surface area contributed by atoms with E-state index in [1.54, 1.807) is 12.1 Å². The van der Waals surface area contributed by atoms with Gasteiger partial charge in [-0.15, -0.1) is 6.58 Å². The molecule has 0 bridgehead atoms. The van der Waals surface area contributed by atoms with Crippen molar-refractivity contribution in [1.29, 1.82) is 10.5 Å². The molecule has 86 valence electrons. The molecule has 1 rings (SSSR count). The minimum Gasteiger partial charge on any atom is -0.383 e. The normalized spacial score (nSPS) is 11.0. The van der Waals surface area contributed by atoms with Gasteiger partial charge >= 0.3 is 0 Å². The third-order valence-electron chi connectivity index (χ3n) is 2.48. The summed E-state index contributed by atoms with van der Waals surface area (Å²) in [6, 6.07) is 9.54. The summed E-state index contributed by atoms with van der Waals surface area (Å²) in [6.45, 7) is 5.76. The zero-order chi connectivity index (χ0) is 12.7. The lowest BCUT2D eigenvalue weighted by Crippen LogP contribution is -2.14. The van der Waals surface area contributed by atoms with E-state index in [9.17, 15) is 0 Å². The summed E-state index contributed by atoms with van der Waals surface area (Å²) in [4.78, 5) is 0. The van der Waals surface area contributed by atoms with Crippen LogP contribution in [-0.2, 0) is 0 Å². The van der Waals surface area contributed by atoms with Crippen molar-refractivity contribution in [1.82, 2.24) is 0 Å². The molecule has 0 heterocycles. The van der Waals surface area contributed by atoms with Gasteiger partial charge in [0, 0.05) is 11.7 Å². The molecule has 0 radical (unpaired) electrons. The monoisotopic (exact) mass is 225 g/mol. The van der Waals surface area contributed by atoms with Crippen molar-refractivity contribution in [3.8, 4) is 12.1 Å². The van der Waals surface area contributed by atoms with E-state index in [0.29, 0.717) is 17.2 Å². The Labute approximate surface area is 102 Å². The fraction of sp³-hybridized carbons (Fsp3) is 0.286. The summed E-state index contributed by atoms with van der Waals surface area (Å²) in [5, 5.41) is 21.0. The predicted octanol–water partition coefficient (Wildman–Crippen LogP) is 3.20. The lowest BCUT2D eigenvalue weighted by molar-refractivity contribution is 0.719. The zero-order valence-electron chi connectivity index (χ0n) is 9.90. The first-order valence-electron chi connectivity index (χ1n) is 5.53. The molecule has 0 aliphatic rings. The van der Waals surface area contributed by atoms with E-state index in [2.05, 4.69) is 18.8 Å². The van der Waals surface area contributed by atoms with Gasteiger partial charge in [-0.1, -0.05) is 6.08 Å². The van der Waals surface area contributed by atoms with E-state index in [1.807, 2.05) is 24.3 Å². The molecule has 1 unspecified atom stereocenters. The molecule has 1 N–H and O–H groups in total. The van der Waals surface area contributed by atoms with Gasteiger partial charge in [0.1, 0.15) is 12.1 Å². The molecule has 0 aliphatic carbocycles. The first-order chi connectivity index (χ1) is 8.21. The molecule has 0 aromatic heterocycles. The van der Waals surface area contributed by atoms with Gasteiger partial charge < -0.3 is 5.32 Å². The van der Waals surface area contributed by atoms with Crippen LogP contribution in [0, 0.1) is 22.7 Å². The quantitative estimate of drug-likeness (QED) is 0.783. The van der Waals surface area contributed by atoms with E-state index in [0.717, 1.165) is 18.5 Å². The lowest BCUT2D eigenvalue weighted by Gasteiger charge is -2.14. The highest BCUT2D eigenvalue weighted by molar-refractivity contribution is 5.56. The van der Waals surface area contributed by atoms with Crippen LogP contribution in [0.4, 0.5) is 5.69 Å². The Morgan fingerprint density at radius 2 is 2.06 bits per heavy atom.